The fourth-order valence-corrected chi connectivity index (χ4v) is 7.26. The summed E-state index contributed by atoms with van der Waals surface area (Å²) in [5.41, 5.74) is 5.00. The van der Waals surface area contributed by atoms with Gasteiger partial charge in [-0.25, -0.2) is 8.42 Å². The lowest BCUT2D eigenvalue weighted by Gasteiger charge is -2.35. The molecule has 3 aromatic carbocycles. The van der Waals surface area contributed by atoms with Gasteiger partial charge in [0.2, 0.25) is 11.8 Å². The summed E-state index contributed by atoms with van der Waals surface area (Å²) in [5, 5.41) is 3.20. The van der Waals surface area contributed by atoms with E-state index < -0.39 is 28.5 Å². The molecule has 2 amide bonds. The van der Waals surface area contributed by atoms with Crippen molar-refractivity contribution >= 4 is 27.5 Å². The van der Waals surface area contributed by atoms with Crippen molar-refractivity contribution in [1.29, 1.82) is 0 Å². The van der Waals surface area contributed by atoms with E-state index in [1.165, 1.54) is 10.7 Å². The molecular formula is C35H45N3O4S. The second-order valence-electron chi connectivity index (χ2n) is 11.8. The highest BCUT2D eigenvalue weighted by atomic mass is 32.2. The zero-order chi connectivity index (χ0) is 31.1. The van der Waals surface area contributed by atoms with E-state index in [0.29, 0.717) is 12.1 Å². The fraction of sp³-hybridized carbons (Fsp3) is 0.429. The van der Waals surface area contributed by atoms with Gasteiger partial charge < -0.3 is 10.2 Å². The van der Waals surface area contributed by atoms with E-state index in [2.05, 4.69) is 5.32 Å². The summed E-state index contributed by atoms with van der Waals surface area (Å²) in [5.74, 6) is -0.610. The van der Waals surface area contributed by atoms with Gasteiger partial charge in [0.05, 0.1) is 10.6 Å². The average Bonchev–Trinajstić information content (AvgIpc) is 2.99. The molecule has 1 atom stereocenters. The van der Waals surface area contributed by atoms with Crippen LogP contribution in [0.3, 0.4) is 0 Å². The molecule has 0 heterocycles. The Morgan fingerprint density at radius 1 is 0.860 bits per heavy atom. The minimum atomic E-state index is -4.11. The molecule has 43 heavy (non-hydrogen) atoms. The second kappa shape index (κ2) is 14.2. The minimum Gasteiger partial charge on any atom is -0.352 e. The van der Waals surface area contributed by atoms with E-state index >= 15 is 0 Å². The fourth-order valence-electron chi connectivity index (χ4n) is 5.79. The number of benzene rings is 3. The standard InChI is InChI=1S/C35H45N3O4S/c1-6-32(35(40)36-30-16-8-7-9-17-30)37(23-29-15-11-10-13-27(29)4)34(39)24-38(33-18-12-14-26(3)28(33)5)43(41,42)31-21-19-25(2)20-22-31/h10-15,18-22,30,32H,6-9,16-17,23-24H2,1-5H3,(H,36,40)/t32-/m0/s1. The van der Waals surface area contributed by atoms with Gasteiger partial charge in [0.1, 0.15) is 12.6 Å². The zero-order valence-electron chi connectivity index (χ0n) is 26.1. The van der Waals surface area contributed by atoms with Crippen LogP contribution in [0.25, 0.3) is 0 Å². The number of nitrogens with zero attached hydrogens (tertiary/aromatic N) is 2. The lowest BCUT2D eigenvalue weighted by Crippen LogP contribution is -2.54. The third-order valence-corrected chi connectivity index (χ3v) is 10.4. The Balaban J connectivity index is 1.75. The molecule has 7 nitrogen and oxygen atoms in total. The molecule has 1 saturated carbocycles. The van der Waals surface area contributed by atoms with Crippen LogP contribution < -0.4 is 9.62 Å². The smallest absolute Gasteiger partial charge is 0.264 e. The monoisotopic (exact) mass is 603 g/mol. The Bertz CT molecular complexity index is 1530. The van der Waals surface area contributed by atoms with E-state index in [0.717, 1.165) is 53.5 Å². The topological polar surface area (TPSA) is 86.8 Å². The molecule has 0 aromatic heterocycles. The van der Waals surface area contributed by atoms with Crippen molar-refractivity contribution in [2.45, 2.75) is 96.7 Å². The van der Waals surface area contributed by atoms with E-state index in [4.69, 9.17) is 0 Å². The molecule has 3 aromatic rings. The predicted octanol–water partition coefficient (Wildman–Crippen LogP) is 6.37. The maximum absolute atomic E-state index is 14.4. The largest absolute Gasteiger partial charge is 0.352 e. The Labute approximate surface area is 257 Å². The molecule has 1 aliphatic rings. The normalized spacial score (nSPS) is 14.6. The van der Waals surface area contributed by atoms with Crippen LogP contribution in [0, 0.1) is 27.7 Å². The lowest BCUT2D eigenvalue weighted by atomic mass is 9.95. The van der Waals surface area contributed by atoms with Crippen molar-refractivity contribution in [2.75, 3.05) is 10.8 Å². The molecule has 0 saturated heterocycles. The van der Waals surface area contributed by atoms with Gasteiger partial charge in [0.15, 0.2) is 0 Å². The Kier molecular flexibility index (Phi) is 10.7. The predicted molar refractivity (Wildman–Crippen MR) is 172 cm³/mol. The molecule has 1 aliphatic carbocycles. The summed E-state index contributed by atoms with van der Waals surface area (Å²) in [7, 11) is -4.11. The van der Waals surface area contributed by atoms with Crippen LogP contribution in [0.4, 0.5) is 5.69 Å². The molecule has 0 radical (unpaired) electrons. The number of rotatable bonds is 11. The highest BCUT2D eigenvalue weighted by Gasteiger charge is 2.35. The van der Waals surface area contributed by atoms with Gasteiger partial charge in [-0.1, -0.05) is 80.3 Å². The zero-order valence-corrected chi connectivity index (χ0v) is 26.9. The van der Waals surface area contributed by atoms with Gasteiger partial charge in [-0.05, 0) is 87.4 Å². The van der Waals surface area contributed by atoms with Crippen LogP contribution in [-0.2, 0) is 26.2 Å². The summed E-state index contributed by atoms with van der Waals surface area (Å²) in [6, 6.07) is 19.3. The first kappa shape index (κ1) is 32.3. The number of anilines is 1. The molecule has 4 rings (SSSR count). The highest BCUT2D eigenvalue weighted by Crippen LogP contribution is 2.29. The van der Waals surface area contributed by atoms with Crippen LogP contribution in [-0.4, -0.2) is 43.8 Å². The molecule has 0 aliphatic heterocycles. The average molecular weight is 604 g/mol. The van der Waals surface area contributed by atoms with Crippen LogP contribution in [0.5, 0.6) is 0 Å². The maximum atomic E-state index is 14.4. The van der Waals surface area contributed by atoms with Crippen molar-refractivity contribution in [1.82, 2.24) is 10.2 Å². The molecule has 0 spiro atoms. The van der Waals surface area contributed by atoms with Crippen molar-refractivity contribution in [3.63, 3.8) is 0 Å². The Morgan fingerprint density at radius 3 is 2.16 bits per heavy atom. The van der Waals surface area contributed by atoms with Crippen LogP contribution in [0.1, 0.15) is 73.3 Å². The molecule has 1 fully saturated rings. The summed E-state index contributed by atoms with van der Waals surface area (Å²) in [6.45, 7) is 9.33. The number of hydrogen-bond donors (Lipinski definition) is 1. The van der Waals surface area contributed by atoms with E-state index in [1.54, 1.807) is 41.3 Å². The molecule has 8 heteroatoms. The number of hydrogen-bond acceptors (Lipinski definition) is 4. The van der Waals surface area contributed by atoms with Gasteiger partial charge in [-0.3, -0.25) is 13.9 Å². The number of amides is 2. The SMILES string of the molecule is CC[C@@H](C(=O)NC1CCCCC1)N(Cc1ccccc1C)C(=O)CN(c1cccc(C)c1C)S(=O)(=O)c1ccc(C)cc1. The Morgan fingerprint density at radius 2 is 1.51 bits per heavy atom. The van der Waals surface area contributed by atoms with Crippen LogP contribution >= 0.6 is 0 Å². The third kappa shape index (κ3) is 7.66. The number of carbonyl (C=O) groups excluding carboxylic acids is 2. The minimum absolute atomic E-state index is 0.0964. The van der Waals surface area contributed by atoms with Gasteiger partial charge in [0.25, 0.3) is 10.0 Å². The van der Waals surface area contributed by atoms with Gasteiger partial charge in [0, 0.05) is 12.6 Å². The van der Waals surface area contributed by atoms with Crippen molar-refractivity contribution in [3.05, 3.63) is 94.5 Å². The molecule has 1 N–H and O–H groups in total. The van der Waals surface area contributed by atoms with Crippen LogP contribution in [0.2, 0.25) is 0 Å². The molecule has 0 unspecified atom stereocenters. The molecule has 230 valence electrons. The van der Waals surface area contributed by atoms with Crippen LogP contribution in [0.15, 0.2) is 71.6 Å². The second-order valence-corrected chi connectivity index (χ2v) is 13.6. The highest BCUT2D eigenvalue weighted by molar-refractivity contribution is 7.92. The summed E-state index contributed by atoms with van der Waals surface area (Å²) in [4.78, 5) is 29.8. The quantitative estimate of drug-likeness (QED) is 0.276. The van der Waals surface area contributed by atoms with E-state index in [-0.39, 0.29) is 23.4 Å². The maximum Gasteiger partial charge on any atom is 0.264 e. The number of aryl methyl sites for hydroxylation is 3. The number of nitrogens with one attached hydrogen (secondary N) is 1. The summed E-state index contributed by atoms with van der Waals surface area (Å²) in [6.07, 6.45) is 5.60. The third-order valence-electron chi connectivity index (χ3n) is 8.67. The first-order valence-corrected chi connectivity index (χ1v) is 16.8. The molecular weight excluding hydrogens is 558 g/mol. The summed E-state index contributed by atoms with van der Waals surface area (Å²) < 4.78 is 29.6. The first-order chi connectivity index (χ1) is 20.5. The van der Waals surface area contributed by atoms with Gasteiger partial charge >= 0.3 is 0 Å². The Hall–Kier alpha value is -3.65. The van der Waals surface area contributed by atoms with Crippen molar-refractivity contribution < 1.29 is 18.0 Å². The van der Waals surface area contributed by atoms with E-state index in [9.17, 15) is 18.0 Å². The van der Waals surface area contributed by atoms with Crippen molar-refractivity contribution in [2.24, 2.45) is 0 Å². The first-order valence-electron chi connectivity index (χ1n) is 15.3. The number of carbonyl (C=O) groups is 2. The summed E-state index contributed by atoms with van der Waals surface area (Å²) >= 11 is 0. The molecule has 0 bridgehead atoms. The lowest BCUT2D eigenvalue weighted by molar-refractivity contribution is -0.140. The van der Waals surface area contributed by atoms with Crippen molar-refractivity contribution in [3.8, 4) is 0 Å². The van der Waals surface area contributed by atoms with Gasteiger partial charge in [-0.2, -0.15) is 0 Å². The van der Waals surface area contributed by atoms with E-state index in [1.807, 2.05) is 65.0 Å². The number of sulfonamides is 1. The van der Waals surface area contributed by atoms with Gasteiger partial charge in [-0.15, -0.1) is 0 Å².